The number of hydrogen-bond acceptors (Lipinski definition) is 6. The van der Waals surface area contributed by atoms with Gasteiger partial charge < -0.3 is 14.2 Å². The van der Waals surface area contributed by atoms with E-state index in [-0.39, 0.29) is 0 Å². The fourth-order valence-electron chi connectivity index (χ4n) is 3.05. The van der Waals surface area contributed by atoms with Crippen LogP contribution in [0.1, 0.15) is 19.4 Å². The number of thioether (sulfide) groups is 1. The average Bonchev–Trinajstić information content (AvgIpc) is 3.13. The molecule has 3 aromatic rings. The Morgan fingerprint density at radius 1 is 1.10 bits per heavy atom. The van der Waals surface area contributed by atoms with Crippen molar-refractivity contribution in [3.8, 4) is 23.2 Å². The summed E-state index contributed by atoms with van der Waals surface area (Å²) in [5, 5.41) is 18.5. The van der Waals surface area contributed by atoms with Crippen molar-refractivity contribution in [2.75, 3.05) is 30.3 Å². The first-order valence-corrected chi connectivity index (χ1v) is 10.6. The minimum atomic E-state index is 0.528. The molecule has 6 nitrogen and oxygen atoms in total. The minimum absolute atomic E-state index is 0.528. The highest BCUT2D eigenvalue weighted by molar-refractivity contribution is 7.99. The van der Waals surface area contributed by atoms with Gasteiger partial charge >= 0.3 is 0 Å². The molecule has 150 valence electrons. The fourth-order valence-corrected chi connectivity index (χ4v) is 3.78. The van der Waals surface area contributed by atoms with Crippen LogP contribution in [0.15, 0.2) is 53.7 Å². The zero-order valence-electron chi connectivity index (χ0n) is 17.0. The lowest BCUT2D eigenvalue weighted by molar-refractivity contribution is 0.343. The molecule has 0 spiro atoms. The quantitative estimate of drug-likeness (QED) is 0.388. The van der Waals surface area contributed by atoms with Crippen LogP contribution in [0.4, 0.5) is 5.69 Å². The van der Waals surface area contributed by atoms with Crippen molar-refractivity contribution < 1.29 is 4.74 Å². The molecule has 7 heteroatoms. The van der Waals surface area contributed by atoms with E-state index < -0.39 is 0 Å². The zero-order chi connectivity index (χ0) is 20.6. The predicted molar refractivity (Wildman–Crippen MR) is 117 cm³/mol. The summed E-state index contributed by atoms with van der Waals surface area (Å²) < 4.78 is 7.73. The van der Waals surface area contributed by atoms with Crippen LogP contribution < -0.4 is 9.64 Å². The number of aromatic nitrogens is 3. The number of anilines is 1. The maximum Gasteiger partial charge on any atom is 0.191 e. The molecule has 0 bridgehead atoms. The number of nitriles is 1. The fraction of sp³-hybridized carbons (Fsp3) is 0.318. The van der Waals surface area contributed by atoms with Crippen molar-refractivity contribution in [1.82, 2.24) is 14.8 Å². The molecule has 2 aromatic carbocycles. The molecule has 0 aliphatic heterocycles. The van der Waals surface area contributed by atoms with Gasteiger partial charge in [0.05, 0.1) is 18.2 Å². The smallest absolute Gasteiger partial charge is 0.191 e. The number of rotatable bonds is 9. The van der Waals surface area contributed by atoms with Gasteiger partial charge in [-0.3, -0.25) is 0 Å². The second-order valence-corrected chi connectivity index (χ2v) is 7.48. The molecule has 0 amide bonds. The third-order valence-corrected chi connectivity index (χ3v) is 5.62. The first kappa shape index (κ1) is 20.7. The van der Waals surface area contributed by atoms with E-state index in [9.17, 15) is 0 Å². The van der Waals surface area contributed by atoms with Crippen LogP contribution in [0.25, 0.3) is 11.4 Å². The molecule has 0 N–H and O–H groups in total. The van der Waals surface area contributed by atoms with Crippen LogP contribution in [0, 0.1) is 11.3 Å². The van der Waals surface area contributed by atoms with E-state index in [0.29, 0.717) is 17.9 Å². The number of nitrogens with zero attached hydrogens (tertiary/aromatic N) is 5. The minimum Gasteiger partial charge on any atom is -0.493 e. The van der Waals surface area contributed by atoms with Gasteiger partial charge in [-0.2, -0.15) is 5.26 Å². The normalized spacial score (nSPS) is 10.6. The third kappa shape index (κ3) is 5.09. The van der Waals surface area contributed by atoms with Crippen LogP contribution in [0.3, 0.4) is 0 Å². The summed E-state index contributed by atoms with van der Waals surface area (Å²) in [7, 11) is 1.98. The topological polar surface area (TPSA) is 67.0 Å². The second-order valence-electron chi connectivity index (χ2n) is 6.42. The maximum absolute atomic E-state index is 8.95. The SMILES string of the molecule is CCN(CC)c1ccc(-c2nnc(SCCOc3cccc(C#N)c3)n2C)cc1. The van der Waals surface area contributed by atoms with E-state index in [1.807, 2.05) is 23.7 Å². The van der Waals surface area contributed by atoms with Gasteiger partial charge in [-0.1, -0.05) is 17.8 Å². The van der Waals surface area contributed by atoms with E-state index in [4.69, 9.17) is 10.00 Å². The maximum atomic E-state index is 8.95. The Morgan fingerprint density at radius 3 is 2.55 bits per heavy atom. The Kier molecular flexibility index (Phi) is 7.14. The van der Waals surface area contributed by atoms with Gasteiger partial charge in [-0.25, -0.2) is 0 Å². The summed E-state index contributed by atoms with van der Waals surface area (Å²) in [5.41, 5.74) is 2.86. The van der Waals surface area contributed by atoms with Crippen molar-refractivity contribution in [1.29, 1.82) is 5.26 Å². The lowest BCUT2D eigenvalue weighted by Gasteiger charge is -2.21. The summed E-state index contributed by atoms with van der Waals surface area (Å²) in [5.74, 6) is 2.29. The van der Waals surface area contributed by atoms with E-state index >= 15 is 0 Å². The van der Waals surface area contributed by atoms with Crippen molar-refractivity contribution in [3.63, 3.8) is 0 Å². The summed E-state index contributed by atoms with van der Waals surface area (Å²) in [6.45, 7) is 6.83. The lowest BCUT2D eigenvalue weighted by atomic mass is 10.2. The van der Waals surface area contributed by atoms with Gasteiger partial charge in [-0.05, 0) is 56.3 Å². The van der Waals surface area contributed by atoms with Gasteiger partial charge in [0.2, 0.25) is 0 Å². The number of hydrogen-bond donors (Lipinski definition) is 0. The van der Waals surface area contributed by atoms with Crippen molar-refractivity contribution >= 4 is 17.4 Å². The van der Waals surface area contributed by atoms with E-state index in [1.165, 1.54) is 5.69 Å². The monoisotopic (exact) mass is 407 g/mol. The van der Waals surface area contributed by atoms with Crippen LogP contribution in [-0.4, -0.2) is 40.2 Å². The largest absolute Gasteiger partial charge is 0.493 e. The second kappa shape index (κ2) is 9.99. The molecule has 0 saturated carbocycles. The number of ether oxygens (including phenoxy) is 1. The Labute approximate surface area is 176 Å². The molecular weight excluding hydrogens is 382 g/mol. The third-order valence-electron chi connectivity index (χ3n) is 4.64. The Morgan fingerprint density at radius 2 is 1.86 bits per heavy atom. The number of benzene rings is 2. The first-order valence-electron chi connectivity index (χ1n) is 9.66. The van der Waals surface area contributed by atoms with Gasteiger partial charge in [0.15, 0.2) is 11.0 Å². The van der Waals surface area contributed by atoms with Gasteiger partial charge in [-0.15, -0.1) is 10.2 Å². The van der Waals surface area contributed by atoms with Crippen LogP contribution in [-0.2, 0) is 7.05 Å². The first-order chi connectivity index (χ1) is 14.2. The molecule has 0 unspecified atom stereocenters. The van der Waals surface area contributed by atoms with E-state index in [0.717, 1.165) is 35.4 Å². The highest BCUT2D eigenvalue weighted by atomic mass is 32.2. The van der Waals surface area contributed by atoms with Gasteiger partial charge in [0.25, 0.3) is 0 Å². The van der Waals surface area contributed by atoms with Crippen molar-refractivity contribution in [2.24, 2.45) is 7.05 Å². The molecule has 29 heavy (non-hydrogen) atoms. The van der Waals surface area contributed by atoms with Crippen LogP contribution in [0.2, 0.25) is 0 Å². The molecular formula is C22H25N5OS. The molecule has 0 radical (unpaired) electrons. The highest BCUT2D eigenvalue weighted by Crippen LogP contribution is 2.25. The van der Waals surface area contributed by atoms with E-state index in [2.05, 4.69) is 59.3 Å². The molecule has 1 aromatic heterocycles. The lowest BCUT2D eigenvalue weighted by Crippen LogP contribution is -2.21. The highest BCUT2D eigenvalue weighted by Gasteiger charge is 2.12. The van der Waals surface area contributed by atoms with E-state index in [1.54, 1.807) is 23.9 Å². The zero-order valence-corrected chi connectivity index (χ0v) is 17.8. The summed E-state index contributed by atoms with van der Waals surface area (Å²) in [6.07, 6.45) is 0. The van der Waals surface area contributed by atoms with Gasteiger partial charge in [0.1, 0.15) is 5.75 Å². The molecule has 3 rings (SSSR count). The van der Waals surface area contributed by atoms with Crippen molar-refractivity contribution in [3.05, 3.63) is 54.1 Å². The summed E-state index contributed by atoms with van der Waals surface area (Å²) in [6, 6.07) is 17.7. The predicted octanol–water partition coefficient (Wildman–Crippen LogP) is 4.37. The summed E-state index contributed by atoms with van der Waals surface area (Å²) in [4.78, 5) is 2.31. The molecule has 0 atom stereocenters. The Bertz CT molecular complexity index is 974. The van der Waals surface area contributed by atoms with Gasteiger partial charge in [0, 0.05) is 37.1 Å². The van der Waals surface area contributed by atoms with Crippen LogP contribution in [0.5, 0.6) is 5.75 Å². The Hall–Kier alpha value is -2.98. The molecule has 0 fully saturated rings. The van der Waals surface area contributed by atoms with Crippen LogP contribution >= 0.6 is 11.8 Å². The van der Waals surface area contributed by atoms with Crippen molar-refractivity contribution in [2.45, 2.75) is 19.0 Å². The molecule has 1 heterocycles. The summed E-state index contributed by atoms with van der Waals surface area (Å²) >= 11 is 1.60. The Balaban J connectivity index is 1.58. The average molecular weight is 408 g/mol. The molecule has 0 aliphatic carbocycles. The standard InChI is InChI=1S/C22H25N5OS/c1-4-27(5-2)19-11-9-18(10-12-19)21-24-25-22(26(21)3)29-14-13-28-20-8-6-7-17(15-20)16-23/h6-12,15H,4-5,13-14H2,1-3H3. The molecule has 0 aliphatic rings. The molecule has 0 saturated heterocycles.